The standard InChI is InChI=1S/C38H51N7O7S/c1-6-28(4)38(5,45-20-19-43(37(45)48)25-32-14-10-13-31(41-32)23-40-50)36(47)42-34(21-29-11-8-7-9-12-29)35(46)26-44(24-27(2)3)53(51,52)33-17-15-30(16-18-33)22-39-49/h7-18,22-23,27-28,34-35,46,49-50H,6,19-21,24-26H2,1-5H3,(H,42,47)/b39-22+,40-23?/t28-,34-,35+,38-/m0/s1. The molecule has 1 aliphatic rings. The fraction of sp³-hybridized carbons (Fsp3) is 0.447. The molecule has 1 aliphatic heterocycles. The third-order valence-electron chi connectivity index (χ3n) is 9.82. The molecule has 2 aromatic carbocycles. The minimum atomic E-state index is -4.09. The Bertz CT molecular complexity index is 1840. The van der Waals surface area contributed by atoms with Crippen molar-refractivity contribution in [2.24, 2.45) is 22.1 Å². The van der Waals surface area contributed by atoms with E-state index in [1.165, 1.54) is 41.0 Å². The van der Waals surface area contributed by atoms with Crippen LogP contribution in [-0.2, 0) is 27.8 Å². The van der Waals surface area contributed by atoms with Crippen molar-refractivity contribution in [1.82, 2.24) is 24.4 Å². The van der Waals surface area contributed by atoms with Crippen LogP contribution in [0.1, 0.15) is 63.6 Å². The molecular formula is C38H51N7O7S. The van der Waals surface area contributed by atoms with Gasteiger partial charge >= 0.3 is 6.03 Å². The number of urea groups is 1. The molecule has 15 heteroatoms. The van der Waals surface area contributed by atoms with Crippen LogP contribution in [0, 0.1) is 11.8 Å². The van der Waals surface area contributed by atoms with Gasteiger partial charge in [0.2, 0.25) is 15.9 Å². The quantitative estimate of drug-likeness (QED) is 0.0847. The van der Waals surface area contributed by atoms with Crippen molar-refractivity contribution >= 4 is 34.4 Å². The number of carbonyl (C=O) groups is 2. The maximum Gasteiger partial charge on any atom is 0.321 e. The van der Waals surface area contributed by atoms with Gasteiger partial charge < -0.3 is 30.6 Å². The molecule has 4 atom stereocenters. The van der Waals surface area contributed by atoms with Crippen molar-refractivity contribution in [2.75, 3.05) is 26.2 Å². The zero-order valence-corrected chi connectivity index (χ0v) is 31.7. The molecule has 0 saturated carbocycles. The lowest BCUT2D eigenvalue weighted by atomic mass is 9.82. The largest absolute Gasteiger partial charge is 0.411 e. The van der Waals surface area contributed by atoms with Crippen LogP contribution in [0.2, 0.25) is 0 Å². The summed E-state index contributed by atoms with van der Waals surface area (Å²) in [6.45, 7) is 9.97. The first-order valence-corrected chi connectivity index (χ1v) is 19.2. The molecule has 286 valence electrons. The number of oxime groups is 2. The Balaban J connectivity index is 1.63. The Labute approximate surface area is 311 Å². The van der Waals surface area contributed by atoms with Gasteiger partial charge in [0, 0.05) is 26.2 Å². The number of aliphatic hydroxyl groups excluding tert-OH is 1. The van der Waals surface area contributed by atoms with Gasteiger partial charge in [0.25, 0.3) is 0 Å². The SMILES string of the molecule is CC[C@H](C)[C@@](C)(C(=O)N[C@@H](Cc1ccccc1)[C@H](O)CN(CC(C)C)S(=O)(=O)c1ccc(/C=N/O)cc1)N1CCN(Cc2cccc(C=NO)n2)C1=O. The number of hydrogen-bond acceptors (Lipinski definition) is 10. The minimum Gasteiger partial charge on any atom is -0.411 e. The fourth-order valence-corrected chi connectivity index (χ4v) is 8.13. The number of amides is 3. The van der Waals surface area contributed by atoms with Gasteiger partial charge in [-0.3, -0.25) is 4.79 Å². The number of hydrogen-bond donors (Lipinski definition) is 4. The van der Waals surface area contributed by atoms with Crippen molar-refractivity contribution in [3.05, 3.63) is 95.3 Å². The lowest BCUT2D eigenvalue weighted by Gasteiger charge is -2.43. The van der Waals surface area contributed by atoms with E-state index >= 15 is 0 Å². The highest BCUT2D eigenvalue weighted by Crippen LogP contribution is 2.32. The predicted octanol–water partition coefficient (Wildman–Crippen LogP) is 4.18. The Morgan fingerprint density at radius 1 is 0.981 bits per heavy atom. The maximum atomic E-state index is 14.6. The van der Waals surface area contributed by atoms with Crippen LogP contribution in [0.25, 0.3) is 0 Å². The van der Waals surface area contributed by atoms with Gasteiger partial charge in [0.1, 0.15) is 5.54 Å². The zero-order valence-electron chi connectivity index (χ0n) is 30.9. The predicted molar refractivity (Wildman–Crippen MR) is 201 cm³/mol. The van der Waals surface area contributed by atoms with Crippen molar-refractivity contribution < 1.29 is 33.5 Å². The number of carbonyl (C=O) groups excluding carboxylic acids is 2. The minimum absolute atomic E-state index is 0.00832. The summed E-state index contributed by atoms with van der Waals surface area (Å²) in [6.07, 6.45) is 1.84. The monoisotopic (exact) mass is 749 g/mol. The first-order chi connectivity index (χ1) is 25.2. The molecule has 3 aromatic rings. The van der Waals surface area contributed by atoms with Gasteiger partial charge in [-0.1, -0.05) is 93.0 Å². The zero-order chi connectivity index (χ0) is 38.8. The highest BCUT2D eigenvalue weighted by Gasteiger charge is 2.50. The number of aliphatic hydroxyl groups is 1. The molecule has 0 bridgehead atoms. The van der Waals surface area contributed by atoms with Crippen LogP contribution >= 0.6 is 0 Å². The molecular weight excluding hydrogens is 699 g/mol. The molecule has 1 saturated heterocycles. The summed E-state index contributed by atoms with van der Waals surface area (Å²) < 4.78 is 29.1. The van der Waals surface area contributed by atoms with Gasteiger partial charge in [-0.25, -0.2) is 18.2 Å². The Morgan fingerprint density at radius 3 is 2.28 bits per heavy atom. The van der Waals surface area contributed by atoms with Gasteiger partial charge in [-0.05, 0) is 60.6 Å². The normalized spacial score (nSPS) is 16.8. The molecule has 0 unspecified atom stereocenters. The van der Waals surface area contributed by atoms with Gasteiger partial charge in [-0.2, -0.15) is 4.31 Å². The second kappa shape index (κ2) is 18.3. The number of rotatable bonds is 18. The molecule has 0 spiro atoms. The third kappa shape index (κ3) is 9.97. The van der Waals surface area contributed by atoms with E-state index in [1.54, 1.807) is 34.9 Å². The molecule has 1 aromatic heterocycles. The molecule has 14 nitrogen and oxygen atoms in total. The Hall–Kier alpha value is -4.86. The second-order valence-corrected chi connectivity index (χ2v) is 15.9. The highest BCUT2D eigenvalue weighted by molar-refractivity contribution is 7.89. The van der Waals surface area contributed by atoms with E-state index < -0.39 is 33.6 Å². The van der Waals surface area contributed by atoms with E-state index in [-0.39, 0.29) is 55.4 Å². The molecule has 0 radical (unpaired) electrons. The molecule has 3 amide bonds. The third-order valence-corrected chi connectivity index (χ3v) is 11.7. The average Bonchev–Trinajstić information content (AvgIpc) is 3.50. The number of sulfonamides is 1. The van der Waals surface area contributed by atoms with Crippen LogP contribution in [0.5, 0.6) is 0 Å². The number of aromatic nitrogens is 1. The summed E-state index contributed by atoms with van der Waals surface area (Å²) in [5, 5.41) is 38.8. The van der Waals surface area contributed by atoms with E-state index in [1.807, 2.05) is 58.0 Å². The summed E-state index contributed by atoms with van der Waals surface area (Å²) in [6, 6.07) is 19.1. The van der Waals surface area contributed by atoms with Crippen LogP contribution in [0.15, 0.2) is 88.0 Å². The lowest BCUT2D eigenvalue weighted by molar-refractivity contribution is -0.135. The van der Waals surface area contributed by atoms with Crippen LogP contribution in [0.3, 0.4) is 0 Å². The van der Waals surface area contributed by atoms with Crippen LogP contribution < -0.4 is 5.32 Å². The molecule has 4 N–H and O–H groups in total. The van der Waals surface area contributed by atoms with E-state index in [0.717, 1.165) is 5.56 Å². The van der Waals surface area contributed by atoms with Crippen molar-refractivity contribution in [3.8, 4) is 0 Å². The maximum absolute atomic E-state index is 14.6. The Morgan fingerprint density at radius 2 is 1.66 bits per heavy atom. The summed E-state index contributed by atoms with van der Waals surface area (Å²) in [5.74, 6) is -0.834. The van der Waals surface area contributed by atoms with E-state index in [0.29, 0.717) is 29.9 Å². The second-order valence-electron chi connectivity index (χ2n) is 14.0. The summed E-state index contributed by atoms with van der Waals surface area (Å²) in [5.41, 5.74) is 1.04. The van der Waals surface area contributed by atoms with Crippen LogP contribution in [0.4, 0.5) is 4.79 Å². The summed E-state index contributed by atoms with van der Waals surface area (Å²) in [7, 11) is -4.09. The van der Waals surface area contributed by atoms with E-state index in [2.05, 4.69) is 20.6 Å². The summed E-state index contributed by atoms with van der Waals surface area (Å²) in [4.78, 5) is 36.2. The topological polar surface area (TPSA) is 188 Å². The number of nitrogens with one attached hydrogen (secondary N) is 1. The van der Waals surface area contributed by atoms with E-state index in [9.17, 15) is 23.1 Å². The Kier molecular flexibility index (Phi) is 14.1. The van der Waals surface area contributed by atoms with Crippen molar-refractivity contribution in [1.29, 1.82) is 0 Å². The molecule has 1 fully saturated rings. The fourth-order valence-electron chi connectivity index (χ4n) is 6.50. The number of benzene rings is 2. The molecule has 0 aliphatic carbocycles. The number of pyridine rings is 1. The lowest BCUT2D eigenvalue weighted by Crippen LogP contribution is -2.64. The van der Waals surface area contributed by atoms with Gasteiger partial charge in [-0.15, -0.1) is 0 Å². The van der Waals surface area contributed by atoms with Crippen molar-refractivity contribution in [3.63, 3.8) is 0 Å². The average molecular weight is 750 g/mol. The first kappa shape index (κ1) is 40.9. The van der Waals surface area contributed by atoms with Gasteiger partial charge in [0.05, 0.1) is 47.4 Å². The smallest absolute Gasteiger partial charge is 0.321 e. The number of nitrogens with zero attached hydrogens (tertiary/aromatic N) is 6. The van der Waals surface area contributed by atoms with Gasteiger partial charge in [0.15, 0.2) is 0 Å². The molecule has 4 rings (SSSR count). The highest BCUT2D eigenvalue weighted by atomic mass is 32.2. The first-order valence-electron chi connectivity index (χ1n) is 17.7. The van der Waals surface area contributed by atoms with Crippen molar-refractivity contribution in [2.45, 2.75) is 76.6 Å². The van der Waals surface area contributed by atoms with Crippen LogP contribution in [-0.4, -0.2) is 111 Å². The summed E-state index contributed by atoms with van der Waals surface area (Å²) >= 11 is 0. The molecule has 2 heterocycles. The molecule has 53 heavy (non-hydrogen) atoms. The van der Waals surface area contributed by atoms with E-state index in [4.69, 9.17) is 10.4 Å².